The maximum atomic E-state index is 12.1. The Balaban J connectivity index is 0.00000242. The molecule has 1 amide bonds. The minimum Gasteiger partial charge on any atom is -0.469 e. The highest BCUT2D eigenvalue weighted by molar-refractivity contribution is 5.94. The van der Waals surface area contributed by atoms with Crippen molar-refractivity contribution in [3.8, 4) is 0 Å². The number of carbonyl (C=O) groups excluding carboxylic acids is 2. The van der Waals surface area contributed by atoms with E-state index in [1.54, 1.807) is 0 Å². The van der Waals surface area contributed by atoms with Crippen LogP contribution in [0.3, 0.4) is 0 Å². The molecule has 0 bridgehead atoms. The maximum absolute atomic E-state index is 12.1. The number of methoxy groups -OCH3 is 1. The molecule has 2 rings (SSSR count). The summed E-state index contributed by atoms with van der Waals surface area (Å²) in [5.74, 6) is -0.187. The summed E-state index contributed by atoms with van der Waals surface area (Å²) in [6.07, 6.45) is 4.14. The number of esters is 1. The maximum Gasteiger partial charge on any atom is 0.305 e. The molecule has 1 heterocycles. The second-order valence-corrected chi connectivity index (χ2v) is 5.26. The minimum atomic E-state index is -0.212. The van der Waals surface area contributed by atoms with E-state index < -0.39 is 0 Å². The molecule has 122 valence electrons. The Bertz CT molecular complexity index is 485. The van der Waals surface area contributed by atoms with Crippen molar-refractivity contribution in [2.75, 3.05) is 19.0 Å². The number of benzene rings is 1. The molecule has 1 aliphatic rings. The van der Waals surface area contributed by atoms with E-state index in [0.717, 1.165) is 37.1 Å². The van der Waals surface area contributed by atoms with Crippen molar-refractivity contribution in [1.82, 2.24) is 5.32 Å². The monoisotopic (exact) mass is 326 g/mol. The lowest BCUT2D eigenvalue weighted by Gasteiger charge is -2.22. The summed E-state index contributed by atoms with van der Waals surface area (Å²) in [7, 11) is 1.39. The number of piperidine rings is 1. The molecule has 1 fully saturated rings. The fraction of sp³-hybridized carbons (Fsp3) is 0.500. The van der Waals surface area contributed by atoms with Crippen LogP contribution in [-0.4, -0.2) is 31.6 Å². The Morgan fingerprint density at radius 2 is 2.00 bits per heavy atom. The zero-order chi connectivity index (χ0) is 15.1. The number of anilines is 1. The van der Waals surface area contributed by atoms with Gasteiger partial charge in [0.15, 0.2) is 0 Å². The Labute approximate surface area is 137 Å². The van der Waals surface area contributed by atoms with Crippen molar-refractivity contribution in [3.05, 3.63) is 29.8 Å². The van der Waals surface area contributed by atoms with Crippen LogP contribution in [0.15, 0.2) is 24.3 Å². The molecule has 6 heteroatoms. The summed E-state index contributed by atoms with van der Waals surface area (Å²) in [6, 6.07) is 7.50. The molecule has 22 heavy (non-hydrogen) atoms. The van der Waals surface area contributed by atoms with Crippen LogP contribution in [0.5, 0.6) is 0 Å². The number of halogens is 1. The summed E-state index contributed by atoms with van der Waals surface area (Å²) in [6.45, 7) is 0.907. The number of carbonyl (C=O) groups is 2. The van der Waals surface area contributed by atoms with Gasteiger partial charge in [-0.05, 0) is 43.5 Å². The summed E-state index contributed by atoms with van der Waals surface area (Å²) in [5, 5.41) is 6.15. The van der Waals surface area contributed by atoms with Gasteiger partial charge in [-0.3, -0.25) is 9.59 Å². The van der Waals surface area contributed by atoms with Crippen molar-refractivity contribution in [1.29, 1.82) is 0 Å². The third-order valence-corrected chi connectivity index (χ3v) is 3.69. The van der Waals surface area contributed by atoms with Gasteiger partial charge in [0.2, 0.25) is 5.91 Å². The second-order valence-electron chi connectivity index (χ2n) is 5.26. The van der Waals surface area contributed by atoms with Crippen LogP contribution in [0.25, 0.3) is 0 Å². The van der Waals surface area contributed by atoms with E-state index in [1.165, 1.54) is 7.11 Å². The first-order valence-electron chi connectivity index (χ1n) is 7.39. The van der Waals surface area contributed by atoms with Crippen LogP contribution >= 0.6 is 12.4 Å². The first-order valence-corrected chi connectivity index (χ1v) is 7.39. The van der Waals surface area contributed by atoms with Crippen molar-refractivity contribution in [2.24, 2.45) is 0 Å². The van der Waals surface area contributed by atoms with E-state index in [0.29, 0.717) is 12.8 Å². The van der Waals surface area contributed by atoms with Crippen LogP contribution in [0.4, 0.5) is 5.69 Å². The van der Waals surface area contributed by atoms with Crippen LogP contribution < -0.4 is 10.6 Å². The summed E-state index contributed by atoms with van der Waals surface area (Å²) < 4.78 is 4.61. The van der Waals surface area contributed by atoms with Gasteiger partial charge in [0, 0.05) is 12.1 Å². The van der Waals surface area contributed by atoms with E-state index in [4.69, 9.17) is 0 Å². The molecule has 0 aliphatic carbocycles. The van der Waals surface area contributed by atoms with E-state index in [9.17, 15) is 9.59 Å². The van der Waals surface area contributed by atoms with E-state index in [-0.39, 0.29) is 30.3 Å². The average Bonchev–Trinajstić information content (AvgIpc) is 2.54. The Kier molecular flexibility index (Phi) is 7.91. The predicted molar refractivity (Wildman–Crippen MR) is 88.3 cm³/mol. The molecule has 1 aromatic rings. The van der Waals surface area contributed by atoms with E-state index in [2.05, 4.69) is 15.4 Å². The fourth-order valence-electron chi connectivity index (χ4n) is 2.41. The van der Waals surface area contributed by atoms with Crippen LogP contribution in [-0.2, 0) is 20.7 Å². The second kappa shape index (κ2) is 9.43. The summed E-state index contributed by atoms with van der Waals surface area (Å²) >= 11 is 0. The topological polar surface area (TPSA) is 67.4 Å². The molecule has 1 saturated heterocycles. The molecular weight excluding hydrogens is 304 g/mol. The fourth-order valence-corrected chi connectivity index (χ4v) is 2.41. The normalized spacial score (nSPS) is 17.2. The molecule has 1 aliphatic heterocycles. The lowest BCUT2D eigenvalue weighted by molar-refractivity contribution is -0.140. The molecule has 0 spiro atoms. The molecule has 0 saturated carbocycles. The number of amides is 1. The molecule has 5 nitrogen and oxygen atoms in total. The lowest BCUT2D eigenvalue weighted by atomic mass is 10.0. The van der Waals surface area contributed by atoms with Crippen LogP contribution in [0.2, 0.25) is 0 Å². The number of hydrogen-bond acceptors (Lipinski definition) is 4. The molecule has 1 unspecified atom stereocenters. The Morgan fingerprint density at radius 1 is 1.27 bits per heavy atom. The van der Waals surface area contributed by atoms with Gasteiger partial charge in [0.25, 0.3) is 0 Å². The van der Waals surface area contributed by atoms with Gasteiger partial charge in [-0.15, -0.1) is 12.4 Å². The zero-order valence-electron chi connectivity index (χ0n) is 12.8. The highest BCUT2D eigenvalue weighted by Gasteiger charge is 2.20. The van der Waals surface area contributed by atoms with Crippen LogP contribution in [0.1, 0.15) is 31.2 Å². The molecule has 1 atom stereocenters. The van der Waals surface area contributed by atoms with Gasteiger partial charge >= 0.3 is 5.97 Å². The number of rotatable bonds is 5. The smallest absolute Gasteiger partial charge is 0.305 e. The highest BCUT2D eigenvalue weighted by atomic mass is 35.5. The summed E-state index contributed by atoms with van der Waals surface area (Å²) in [4.78, 5) is 23.2. The largest absolute Gasteiger partial charge is 0.469 e. The number of ether oxygens (including phenoxy) is 1. The molecular formula is C16H23ClN2O3. The van der Waals surface area contributed by atoms with E-state index in [1.807, 2.05) is 24.3 Å². The van der Waals surface area contributed by atoms with Gasteiger partial charge in [0.1, 0.15) is 0 Å². The predicted octanol–water partition coefficient (Wildman–Crippen LogP) is 2.29. The third-order valence-electron chi connectivity index (χ3n) is 3.69. The van der Waals surface area contributed by atoms with Crippen molar-refractivity contribution in [3.63, 3.8) is 0 Å². The van der Waals surface area contributed by atoms with Gasteiger partial charge in [-0.2, -0.15) is 0 Å². The minimum absolute atomic E-state index is 0. The van der Waals surface area contributed by atoms with Gasteiger partial charge in [-0.1, -0.05) is 18.6 Å². The summed E-state index contributed by atoms with van der Waals surface area (Å²) in [5.41, 5.74) is 1.84. The van der Waals surface area contributed by atoms with Gasteiger partial charge in [-0.25, -0.2) is 0 Å². The number of hydrogen-bond donors (Lipinski definition) is 2. The third kappa shape index (κ3) is 5.66. The van der Waals surface area contributed by atoms with Crippen molar-refractivity contribution in [2.45, 2.75) is 38.1 Å². The molecule has 0 radical (unpaired) electrons. The van der Waals surface area contributed by atoms with Crippen LogP contribution in [0, 0.1) is 0 Å². The first kappa shape index (κ1) is 18.5. The van der Waals surface area contributed by atoms with Crippen molar-refractivity contribution < 1.29 is 14.3 Å². The Morgan fingerprint density at radius 3 is 2.59 bits per heavy atom. The van der Waals surface area contributed by atoms with Crippen molar-refractivity contribution >= 4 is 30.0 Å². The average molecular weight is 327 g/mol. The highest BCUT2D eigenvalue weighted by Crippen LogP contribution is 2.14. The number of aryl methyl sites for hydroxylation is 1. The standard InChI is InChI=1S/C16H22N2O3.ClH/c1-21-15(19)10-7-12-5-8-13(9-6-12)18-16(20)14-4-2-3-11-17-14;/h5-6,8-9,14,17H,2-4,7,10-11H2,1H3,(H,18,20);1H. The van der Waals surface area contributed by atoms with Gasteiger partial charge in [0.05, 0.1) is 13.2 Å². The Hall–Kier alpha value is -1.59. The number of nitrogens with one attached hydrogen (secondary N) is 2. The quantitative estimate of drug-likeness (QED) is 0.815. The molecule has 0 aromatic heterocycles. The SMILES string of the molecule is COC(=O)CCc1ccc(NC(=O)C2CCCCN2)cc1.Cl. The zero-order valence-corrected chi connectivity index (χ0v) is 13.6. The first-order chi connectivity index (χ1) is 10.2. The van der Waals surface area contributed by atoms with Gasteiger partial charge < -0.3 is 15.4 Å². The molecule has 2 N–H and O–H groups in total. The lowest BCUT2D eigenvalue weighted by Crippen LogP contribution is -2.43. The van der Waals surface area contributed by atoms with E-state index >= 15 is 0 Å². The molecule has 1 aromatic carbocycles.